The molecule has 1 rings (SSSR count). The average molecular weight is 236 g/mol. The number of hydrogen-bond acceptors (Lipinski definition) is 3. The van der Waals surface area contributed by atoms with Crippen molar-refractivity contribution in [2.75, 3.05) is 6.54 Å². The minimum absolute atomic E-state index is 0.102. The molecule has 0 saturated heterocycles. The number of carboxylic acids is 1. The van der Waals surface area contributed by atoms with Crippen LogP contribution >= 0.6 is 0 Å². The summed E-state index contributed by atoms with van der Waals surface area (Å²) < 4.78 is 0. The van der Waals surface area contributed by atoms with E-state index in [-0.39, 0.29) is 12.5 Å². The van der Waals surface area contributed by atoms with Crippen LogP contribution in [0.2, 0.25) is 0 Å². The Bertz CT molecular complexity index is 341. The second-order valence-corrected chi connectivity index (χ2v) is 4.08. The van der Waals surface area contributed by atoms with Gasteiger partial charge in [-0.15, -0.1) is 0 Å². The van der Waals surface area contributed by atoms with Gasteiger partial charge in [-0.2, -0.15) is 0 Å². The van der Waals surface area contributed by atoms with Gasteiger partial charge in [0, 0.05) is 25.0 Å². The molecule has 1 aromatic rings. The number of nitrogens with zero attached hydrogens (tertiary/aromatic N) is 2. The van der Waals surface area contributed by atoms with Crippen LogP contribution in [-0.2, 0) is 11.3 Å². The molecule has 0 aliphatic rings. The third kappa shape index (κ3) is 4.53. The molecule has 1 N–H and O–H groups in total. The fourth-order valence-corrected chi connectivity index (χ4v) is 1.96. The van der Waals surface area contributed by atoms with Crippen molar-refractivity contribution in [3.8, 4) is 0 Å². The number of aromatic nitrogens is 1. The molecule has 1 unspecified atom stereocenters. The van der Waals surface area contributed by atoms with Gasteiger partial charge in [0.15, 0.2) is 0 Å². The number of carbonyl (C=O) groups is 1. The van der Waals surface area contributed by atoms with Gasteiger partial charge in [-0.3, -0.25) is 14.7 Å². The van der Waals surface area contributed by atoms with E-state index in [4.69, 9.17) is 5.11 Å². The van der Waals surface area contributed by atoms with E-state index >= 15 is 0 Å². The first-order valence-corrected chi connectivity index (χ1v) is 6.02. The first kappa shape index (κ1) is 13.6. The molecule has 0 radical (unpaired) electrons. The summed E-state index contributed by atoms with van der Waals surface area (Å²) in [5.74, 6) is -0.731. The first-order valence-electron chi connectivity index (χ1n) is 6.02. The van der Waals surface area contributed by atoms with Gasteiger partial charge in [0.25, 0.3) is 0 Å². The molecule has 17 heavy (non-hydrogen) atoms. The summed E-state index contributed by atoms with van der Waals surface area (Å²) in [6.07, 6.45) is 4.59. The second-order valence-electron chi connectivity index (χ2n) is 4.08. The van der Waals surface area contributed by atoms with Crippen LogP contribution < -0.4 is 0 Å². The highest BCUT2D eigenvalue weighted by Gasteiger charge is 2.18. The Labute approximate surface area is 102 Å². The van der Waals surface area contributed by atoms with Gasteiger partial charge in [-0.05, 0) is 30.7 Å². The summed E-state index contributed by atoms with van der Waals surface area (Å²) in [4.78, 5) is 17.0. The molecular formula is C13H20N2O2. The molecule has 0 spiro atoms. The standard InChI is InChI=1S/C13H20N2O2/c1-3-12(9-13(16)17)15(4-2)10-11-5-7-14-8-6-11/h5-8,12H,3-4,9-10H2,1-2H3,(H,16,17). The summed E-state index contributed by atoms with van der Waals surface area (Å²) in [7, 11) is 0. The smallest absolute Gasteiger partial charge is 0.304 e. The van der Waals surface area contributed by atoms with Crippen LogP contribution in [0.1, 0.15) is 32.3 Å². The van der Waals surface area contributed by atoms with Crippen molar-refractivity contribution in [3.63, 3.8) is 0 Å². The molecule has 1 heterocycles. The van der Waals surface area contributed by atoms with Crippen molar-refractivity contribution in [2.45, 2.75) is 39.3 Å². The van der Waals surface area contributed by atoms with Crippen LogP contribution in [-0.4, -0.2) is 33.5 Å². The fourth-order valence-electron chi connectivity index (χ4n) is 1.96. The van der Waals surface area contributed by atoms with Crippen molar-refractivity contribution in [3.05, 3.63) is 30.1 Å². The quantitative estimate of drug-likeness (QED) is 0.788. The van der Waals surface area contributed by atoms with E-state index < -0.39 is 5.97 Å². The van der Waals surface area contributed by atoms with E-state index in [0.29, 0.717) is 0 Å². The van der Waals surface area contributed by atoms with E-state index in [1.165, 1.54) is 5.56 Å². The van der Waals surface area contributed by atoms with E-state index in [2.05, 4.69) is 16.8 Å². The van der Waals surface area contributed by atoms with Crippen molar-refractivity contribution < 1.29 is 9.90 Å². The van der Waals surface area contributed by atoms with Gasteiger partial charge < -0.3 is 5.11 Å². The molecule has 0 aliphatic carbocycles. The number of pyridine rings is 1. The molecule has 0 saturated carbocycles. The minimum Gasteiger partial charge on any atom is -0.481 e. The molecule has 94 valence electrons. The van der Waals surface area contributed by atoms with Gasteiger partial charge in [-0.25, -0.2) is 0 Å². The molecular weight excluding hydrogens is 216 g/mol. The largest absolute Gasteiger partial charge is 0.481 e. The highest BCUT2D eigenvalue weighted by atomic mass is 16.4. The predicted octanol–water partition coefficient (Wildman–Crippen LogP) is 2.16. The molecule has 0 amide bonds. The molecule has 1 aromatic heterocycles. The molecule has 0 fully saturated rings. The zero-order valence-electron chi connectivity index (χ0n) is 10.5. The molecule has 1 atom stereocenters. The van der Waals surface area contributed by atoms with Gasteiger partial charge >= 0.3 is 5.97 Å². The lowest BCUT2D eigenvalue weighted by Crippen LogP contribution is -2.35. The Morgan fingerprint density at radius 3 is 2.53 bits per heavy atom. The lowest BCUT2D eigenvalue weighted by atomic mass is 10.1. The molecule has 0 bridgehead atoms. The summed E-state index contributed by atoms with van der Waals surface area (Å²) in [5, 5.41) is 8.89. The van der Waals surface area contributed by atoms with Gasteiger partial charge in [0.2, 0.25) is 0 Å². The predicted molar refractivity (Wildman–Crippen MR) is 66.7 cm³/mol. The summed E-state index contributed by atoms with van der Waals surface area (Å²) in [6, 6.07) is 4.04. The zero-order valence-corrected chi connectivity index (χ0v) is 10.5. The van der Waals surface area contributed by atoms with Gasteiger partial charge in [0.05, 0.1) is 6.42 Å². The third-order valence-corrected chi connectivity index (χ3v) is 2.94. The highest BCUT2D eigenvalue weighted by molar-refractivity contribution is 5.67. The third-order valence-electron chi connectivity index (χ3n) is 2.94. The van der Waals surface area contributed by atoms with E-state index in [1.54, 1.807) is 12.4 Å². The molecule has 4 heteroatoms. The lowest BCUT2D eigenvalue weighted by Gasteiger charge is -2.28. The Balaban J connectivity index is 2.66. The topological polar surface area (TPSA) is 53.4 Å². The van der Waals surface area contributed by atoms with Crippen LogP contribution in [0.25, 0.3) is 0 Å². The maximum absolute atomic E-state index is 10.8. The SMILES string of the molecule is CCC(CC(=O)O)N(CC)Cc1ccncc1. The molecule has 0 aliphatic heterocycles. The average Bonchev–Trinajstić information content (AvgIpc) is 2.34. The lowest BCUT2D eigenvalue weighted by molar-refractivity contribution is -0.138. The Morgan fingerprint density at radius 1 is 1.41 bits per heavy atom. The second kappa shape index (κ2) is 7.01. The van der Waals surface area contributed by atoms with Crippen LogP contribution in [0.3, 0.4) is 0 Å². The summed E-state index contributed by atoms with van der Waals surface area (Å²) in [6.45, 7) is 5.73. The van der Waals surface area contributed by atoms with Gasteiger partial charge in [0.1, 0.15) is 0 Å². The number of carboxylic acid groups (broad SMARTS) is 1. The zero-order chi connectivity index (χ0) is 12.7. The van der Waals surface area contributed by atoms with E-state index in [9.17, 15) is 4.79 Å². The highest BCUT2D eigenvalue weighted by Crippen LogP contribution is 2.13. The van der Waals surface area contributed by atoms with Crippen molar-refractivity contribution in [1.82, 2.24) is 9.88 Å². The fraction of sp³-hybridized carbons (Fsp3) is 0.538. The normalized spacial score (nSPS) is 12.6. The van der Waals surface area contributed by atoms with Crippen LogP contribution in [0.5, 0.6) is 0 Å². The van der Waals surface area contributed by atoms with Crippen LogP contribution in [0.4, 0.5) is 0 Å². The van der Waals surface area contributed by atoms with Crippen molar-refractivity contribution in [1.29, 1.82) is 0 Å². The number of hydrogen-bond donors (Lipinski definition) is 1. The Hall–Kier alpha value is -1.42. The minimum atomic E-state index is -0.731. The monoisotopic (exact) mass is 236 g/mol. The van der Waals surface area contributed by atoms with Crippen molar-refractivity contribution >= 4 is 5.97 Å². The number of aliphatic carboxylic acids is 1. The summed E-state index contributed by atoms with van der Waals surface area (Å²) in [5.41, 5.74) is 1.17. The first-order chi connectivity index (χ1) is 8.17. The molecule has 0 aromatic carbocycles. The Kier molecular flexibility index (Phi) is 5.63. The summed E-state index contributed by atoms with van der Waals surface area (Å²) >= 11 is 0. The maximum Gasteiger partial charge on any atom is 0.304 e. The van der Waals surface area contributed by atoms with Gasteiger partial charge in [-0.1, -0.05) is 13.8 Å². The number of rotatable bonds is 7. The van der Waals surface area contributed by atoms with Crippen LogP contribution in [0, 0.1) is 0 Å². The van der Waals surface area contributed by atoms with E-state index in [0.717, 1.165) is 19.5 Å². The Morgan fingerprint density at radius 2 is 2.06 bits per heavy atom. The molecule has 4 nitrogen and oxygen atoms in total. The maximum atomic E-state index is 10.8. The van der Waals surface area contributed by atoms with E-state index in [1.807, 2.05) is 19.1 Å². The van der Waals surface area contributed by atoms with Crippen LogP contribution in [0.15, 0.2) is 24.5 Å². The van der Waals surface area contributed by atoms with Crippen molar-refractivity contribution in [2.24, 2.45) is 0 Å².